The highest BCUT2D eigenvalue weighted by molar-refractivity contribution is 6.01. The summed E-state index contributed by atoms with van der Waals surface area (Å²) in [6.45, 7) is 10.2. The van der Waals surface area contributed by atoms with Crippen molar-refractivity contribution in [2.75, 3.05) is 52.6 Å². The number of aryl methyl sites for hydroxylation is 1. The van der Waals surface area contributed by atoms with Crippen LogP contribution in [0.4, 0.5) is 4.39 Å². The smallest absolute Gasteiger partial charge is 0.247 e. The predicted octanol–water partition coefficient (Wildman–Crippen LogP) is 4.94. The van der Waals surface area contributed by atoms with Gasteiger partial charge in [0.2, 0.25) is 5.91 Å². The Hall–Kier alpha value is -3.52. The van der Waals surface area contributed by atoms with E-state index >= 15 is 0 Å². The number of benzene rings is 3. The number of ether oxygens (including phenoxy) is 2. The van der Waals surface area contributed by atoms with E-state index in [1.807, 2.05) is 13.8 Å². The van der Waals surface area contributed by atoms with Crippen LogP contribution in [0.3, 0.4) is 0 Å². The Morgan fingerprint density at radius 2 is 1.54 bits per heavy atom. The molecule has 2 saturated heterocycles. The van der Waals surface area contributed by atoms with Gasteiger partial charge in [-0.3, -0.25) is 9.69 Å². The average Bonchev–Trinajstić information content (AvgIpc) is 2.94. The van der Waals surface area contributed by atoms with Crippen molar-refractivity contribution in [1.29, 1.82) is 0 Å². The average molecular weight is 531 g/mol. The molecule has 6 nitrogen and oxygen atoms in total. The van der Waals surface area contributed by atoms with E-state index in [1.54, 1.807) is 29.2 Å². The fourth-order valence-electron chi connectivity index (χ4n) is 5.47. The summed E-state index contributed by atoms with van der Waals surface area (Å²) in [5.74, 6) is -0.436. The van der Waals surface area contributed by atoms with Crippen LogP contribution in [0.1, 0.15) is 27.8 Å². The molecule has 0 saturated carbocycles. The van der Waals surface area contributed by atoms with Crippen LogP contribution in [0, 0.1) is 19.7 Å². The van der Waals surface area contributed by atoms with Crippen LogP contribution in [-0.4, -0.2) is 73.4 Å². The quantitative estimate of drug-likeness (QED) is 0.458. The van der Waals surface area contributed by atoms with Crippen LogP contribution >= 0.6 is 0 Å². The largest absolute Gasteiger partial charge is 0.507 e. The van der Waals surface area contributed by atoms with E-state index in [-0.39, 0.29) is 17.5 Å². The summed E-state index contributed by atoms with van der Waals surface area (Å²) in [4.78, 5) is 17.4. The topological polar surface area (TPSA) is 62.2 Å². The molecule has 1 amide bonds. The van der Waals surface area contributed by atoms with Crippen molar-refractivity contribution >= 4 is 11.5 Å². The van der Waals surface area contributed by atoms with Gasteiger partial charge in [-0.1, -0.05) is 36.4 Å². The number of aromatic hydroxyl groups is 1. The zero-order valence-corrected chi connectivity index (χ0v) is 22.6. The molecule has 3 aromatic carbocycles. The minimum atomic E-state index is -0.361. The minimum Gasteiger partial charge on any atom is -0.507 e. The number of carbonyl (C=O) groups is 1. The molecule has 0 aliphatic carbocycles. The van der Waals surface area contributed by atoms with Crippen LogP contribution in [0.15, 0.2) is 60.7 Å². The first kappa shape index (κ1) is 27.1. The number of carbonyl (C=O) groups excluding carboxylic acids is 1. The Labute approximate surface area is 229 Å². The summed E-state index contributed by atoms with van der Waals surface area (Å²) < 4.78 is 24.7. The SMILES string of the molecule is Cc1cc(O)c(/C(=C\C(=O)N2CCOCC2)c2ccc(F)cc2)c(C)c1-c1ccc(CN2CCOCC2)cc1. The zero-order chi connectivity index (χ0) is 27.4. The second-order valence-electron chi connectivity index (χ2n) is 10.2. The lowest BCUT2D eigenvalue weighted by atomic mass is 9.86. The van der Waals surface area contributed by atoms with Gasteiger partial charge in [-0.2, -0.15) is 0 Å². The molecule has 0 aromatic heterocycles. The first-order valence-corrected chi connectivity index (χ1v) is 13.5. The Morgan fingerprint density at radius 1 is 0.923 bits per heavy atom. The number of hydrogen-bond donors (Lipinski definition) is 1. The lowest BCUT2D eigenvalue weighted by Gasteiger charge is -2.27. The molecule has 7 heteroatoms. The van der Waals surface area contributed by atoms with Crippen LogP contribution in [-0.2, 0) is 20.8 Å². The normalized spacial score (nSPS) is 16.9. The highest BCUT2D eigenvalue weighted by Gasteiger charge is 2.22. The molecule has 39 heavy (non-hydrogen) atoms. The summed E-state index contributed by atoms with van der Waals surface area (Å²) in [7, 11) is 0. The second-order valence-corrected chi connectivity index (χ2v) is 10.2. The molecule has 2 fully saturated rings. The van der Waals surface area contributed by atoms with Crippen molar-refractivity contribution in [3.05, 3.63) is 94.3 Å². The van der Waals surface area contributed by atoms with E-state index in [4.69, 9.17) is 9.47 Å². The van der Waals surface area contributed by atoms with E-state index in [0.29, 0.717) is 43.0 Å². The van der Waals surface area contributed by atoms with Gasteiger partial charge in [-0.15, -0.1) is 0 Å². The predicted molar refractivity (Wildman–Crippen MR) is 150 cm³/mol. The van der Waals surface area contributed by atoms with Gasteiger partial charge < -0.3 is 19.5 Å². The first-order chi connectivity index (χ1) is 18.9. The van der Waals surface area contributed by atoms with E-state index in [0.717, 1.165) is 55.1 Å². The van der Waals surface area contributed by atoms with E-state index in [2.05, 4.69) is 29.2 Å². The maximum Gasteiger partial charge on any atom is 0.247 e. The third-order valence-corrected chi connectivity index (χ3v) is 7.52. The van der Waals surface area contributed by atoms with Gasteiger partial charge in [0.05, 0.1) is 26.4 Å². The minimum absolute atomic E-state index is 0.0861. The standard InChI is InChI=1S/C32H35FN2O4/c1-22-19-29(36)32(23(2)31(22)26-5-3-24(4-6-26)21-34-11-15-38-16-12-34)28(25-7-9-27(33)10-8-25)20-30(37)35-13-17-39-18-14-35/h3-10,19-20,36H,11-18,21H2,1-2H3/b28-20-. The summed E-state index contributed by atoms with van der Waals surface area (Å²) >= 11 is 0. The fraction of sp³-hybridized carbons (Fsp3) is 0.344. The van der Waals surface area contributed by atoms with Crippen molar-refractivity contribution in [2.24, 2.45) is 0 Å². The molecule has 0 bridgehead atoms. The fourth-order valence-corrected chi connectivity index (χ4v) is 5.47. The van der Waals surface area contributed by atoms with Gasteiger partial charge in [0.1, 0.15) is 11.6 Å². The van der Waals surface area contributed by atoms with Crippen LogP contribution in [0.25, 0.3) is 16.7 Å². The monoisotopic (exact) mass is 530 g/mol. The van der Waals surface area contributed by atoms with Crippen molar-refractivity contribution < 1.29 is 23.8 Å². The summed E-state index contributed by atoms with van der Waals surface area (Å²) in [6.07, 6.45) is 1.56. The van der Waals surface area contributed by atoms with Gasteiger partial charge in [0, 0.05) is 44.4 Å². The molecule has 2 aliphatic rings. The van der Waals surface area contributed by atoms with E-state index in [9.17, 15) is 14.3 Å². The summed E-state index contributed by atoms with van der Waals surface area (Å²) in [6, 6.07) is 16.3. The van der Waals surface area contributed by atoms with Crippen molar-refractivity contribution in [2.45, 2.75) is 20.4 Å². The molecule has 1 N–H and O–H groups in total. The third kappa shape index (κ3) is 6.22. The molecule has 2 aliphatic heterocycles. The van der Waals surface area contributed by atoms with Crippen molar-refractivity contribution in [1.82, 2.24) is 9.80 Å². The Balaban J connectivity index is 1.54. The van der Waals surface area contributed by atoms with Gasteiger partial charge in [-0.25, -0.2) is 4.39 Å². The van der Waals surface area contributed by atoms with Crippen LogP contribution in [0.2, 0.25) is 0 Å². The molecule has 204 valence electrons. The van der Waals surface area contributed by atoms with Gasteiger partial charge in [0.15, 0.2) is 0 Å². The molecule has 5 rings (SSSR count). The van der Waals surface area contributed by atoms with Crippen molar-refractivity contribution in [3.8, 4) is 16.9 Å². The maximum absolute atomic E-state index is 13.8. The van der Waals surface area contributed by atoms with Crippen LogP contribution < -0.4 is 0 Å². The van der Waals surface area contributed by atoms with E-state index < -0.39 is 0 Å². The summed E-state index contributed by atoms with van der Waals surface area (Å²) in [5.41, 5.74) is 6.87. The van der Waals surface area contributed by atoms with Gasteiger partial charge in [-0.05, 0) is 71.0 Å². The van der Waals surface area contributed by atoms with Gasteiger partial charge in [0.25, 0.3) is 0 Å². The first-order valence-electron chi connectivity index (χ1n) is 13.5. The number of hydrogen-bond acceptors (Lipinski definition) is 5. The lowest BCUT2D eigenvalue weighted by molar-refractivity contribution is -0.129. The third-order valence-electron chi connectivity index (χ3n) is 7.52. The molecule has 0 radical (unpaired) electrons. The molecular formula is C32H35FN2O4. The Morgan fingerprint density at radius 3 is 2.18 bits per heavy atom. The second kappa shape index (κ2) is 12.1. The molecular weight excluding hydrogens is 495 g/mol. The number of amides is 1. The van der Waals surface area contributed by atoms with Gasteiger partial charge >= 0.3 is 0 Å². The highest BCUT2D eigenvalue weighted by atomic mass is 19.1. The highest BCUT2D eigenvalue weighted by Crippen LogP contribution is 2.40. The molecule has 0 spiro atoms. The number of halogens is 1. The Bertz CT molecular complexity index is 1340. The Kier molecular flexibility index (Phi) is 8.41. The van der Waals surface area contributed by atoms with Crippen LogP contribution in [0.5, 0.6) is 5.75 Å². The number of phenols is 1. The number of nitrogens with zero attached hydrogens (tertiary/aromatic N) is 2. The van der Waals surface area contributed by atoms with Crippen molar-refractivity contribution in [3.63, 3.8) is 0 Å². The molecule has 0 unspecified atom stereocenters. The maximum atomic E-state index is 13.8. The number of phenolic OH excluding ortho intramolecular Hbond substituents is 1. The molecule has 2 heterocycles. The lowest BCUT2D eigenvalue weighted by Crippen LogP contribution is -2.39. The summed E-state index contributed by atoms with van der Waals surface area (Å²) in [5, 5.41) is 11.2. The zero-order valence-electron chi connectivity index (χ0n) is 22.6. The number of rotatable bonds is 6. The molecule has 3 aromatic rings. The number of morpholine rings is 2. The van der Waals surface area contributed by atoms with E-state index in [1.165, 1.54) is 17.7 Å². The molecule has 0 atom stereocenters.